The maximum atomic E-state index is 11.4. The van der Waals surface area contributed by atoms with Gasteiger partial charge in [0.05, 0.1) is 18.2 Å². The number of amides is 1. The van der Waals surface area contributed by atoms with E-state index in [1.54, 1.807) is 12.1 Å². The number of rotatable bonds is 3. The van der Waals surface area contributed by atoms with Gasteiger partial charge in [-0.15, -0.1) is 0 Å². The lowest BCUT2D eigenvalue weighted by molar-refractivity contribution is 0.139. The van der Waals surface area contributed by atoms with E-state index in [1.807, 2.05) is 32.9 Å². The fourth-order valence-corrected chi connectivity index (χ4v) is 1.35. The Morgan fingerprint density at radius 2 is 1.94 bits per heavy atom. The summed E-state index contributed by atoms with van der Waals surface area (Å²) in [4.78, 5) is 11.4. The van der Waals surface area contributed by atoms with Gasteiger partial charge in [0.1, 0.15) is 0 Å². The lowest BCUT2D eigenvalue weighted by Crippen LogP contribution is -2.41. The number of hydrogen-bond donors (Lipinski definition) is 1. The van der Waals surface area contributed by atoms with Crippen LogP contribution >= 0.6 is 0 Å². The van der Waals surface area contributed by atoms with Gasteiger partial charge in [-0.2, -0.15) is 5.26 Å². The van der Waals surface area contributed by atoms with Crippen molar-refractivity contribution in [3.8, 4) is 6.07 Å². The number of hydrogen-bond acceptors (Lipinski definition) is 3. The first-order valence-corrected chi connectivity index (χ1v) is 5.85. The molecule has 0 atom stereocenters. The molecule has 1 aromatic rings. The second kappa shape index (κ2) is 6.06. The van der Waals surface area contributed by atoms with Crippen molar-refractivity contribution in [3.63, 3.8) is 0 Å². The highest BCUT2D eigenvalue weighted by Crippen LogP contribution is 2.05. The second-order valence-corrected chi connectivity index (χ2v) is 5.07. The Labute approximate surface area is 108 Å². The number of benzene rings is 1. The van der Waals surface area contributed by atoms with E-state index in [0.717, 1.165) is 5.56 Å². The molecule has 0 saturated heterocycles. The Hall–Kier alpha value is -2.02. The maximum Gasteiger partial charge on any atom is 0.407 e. The first-order chi connectivity index (χ1) is 8.40. The van der Waals surface area contributed by atoms with Crippen LogP contribution in [-0.4, -0.2) is 18.2 Å². The third kappa shape index (κ3) is 5.35. The molecule has 0 aromatic heterocycles. The van der Waals surface area contributed by atoms with Gasteiger partial charge in [0, 0.05) is 12.0 Å². The number of alkyl carbamates (subject to hydrolysis) is 1. The van der Waals surface area contributed by atoms with Crippen LogP contribution in [0, 0.1) is 11.3 Å². The first-order valence-electron chi connectivity index (χ1n) is 5.85. The van der Waals surface area contributed by atoms with Crippen LogP contribution < -0.4 is 5.32 Å². The quantitative estimate of drug-likeness (QED) is 0.891. The summed E-state index contributed by atoms with van der Waals surface area (Å²) in [7, 11) is 0. The molecule has 0 bridgehead atoms. The maximum absolute atomic E-state index is 11.4. The van der Waals surface area contributed by atoms with E-state index in [1.165, 1.54) is 0 Å². The van der Waals surface area contributed by atoms with E-state index in [2.05, 4.69) is 11.4 Å². The predicted octanol–water partition coefficient (Wildman–Crippen LogP) is 2.63. The summed E-state index contributed by atoms with van der Waals surface area (Å²) >= 11 is 0. The Balaban J connectivity index is 2.33. The van der Waals surface area contributed by atoms with Crippen molar-refractivity contribution < 1.29 is 9.53 Å². The van der Waals surface area contributed by atoms with Gasteiger partial charge in [-0.25, -0.2) is 4.79 Å². The molecule has 4 nitrogen and oxygen atoms in total. The van der Waals surface area contributed by atoms with Gasteiger partial charge in [-0.05, 0) is 38.5 Å². The van der Waals surface area contributed by atoms with Gasteiger partial charge in [0.2, 0.25) is 0 Å². The van der Waals surface area contributed by atoms with Crippen molar-refractivity contribution >= 4 is 6.09 Å². The van der Waals surface area contributed by atoms with Gasteiger partial charge in [-0.1, -0.05) is 12.1 Å². The molecule has 1 N–H and O–H groups in total. The molecule has 0 spiro atoms. The average Bonchev–Trinajstić information content (AvgIpc) is 2.27. The van der Waals surface area contributed by atoms with Crippen LogP contribution in [0.25, 0.3) is 0 Å². The highest BCUT2D eigenvalue weighted by molar-refractivity contribution is 5.68. The molecule has 96 valence electrons. The zero-order chi connectivity index (χ0) is 13.6. The summed E-state index contributed by atoms with van der Waals surface area (Å²) in [5.41, 5.74) is 1.38. The molecule has 0 unspecified atom stereocenters. The van der Waals surface area contributed by atoms with Crippen molar-refractivity contribution in [2.24, 2.45) is 0 Å². The summed E-state index contributed by atoms with van der Waals surface area (Å²) in [5, 5.41) is 11.4. The smallest absolute Gasteiger partial charge is 0.407 e. The van der Waals surface area contributed by atoms with Crippen LogP contribution in [0.4, 0.5) is 4.79 Å². The molecule has 4 heteroatoms. The molecule has 0 aliphatic heterocycles. The highest BCUT2D eigenvalue weighted by atomic mass is 16.5. The molecule has 0 radical (unpaired) electrons. The fourth-order valence-electron chi connectivity index (χ4n) is 1.35. The van der Waals surface area contributed by atoms with Crippen LogP contribution in [-0.2, 0) is 11.2 Å². The first kappa shape index (κ1) is 14.0. The SMILES string of the molecule is CC(C)(C)NC(=O)OCCc1ccc(C#N)cc1. The zero-order valence-corrected chi connectivity index (χ0v) is 11.0. The van der Waals surface area contributed by atoms with Crippen LogP contribution in [0.3, 0.4) is 0 Å². The molecule has 0 fully saturated rings. The minimum absolute atomic E-state index is 0.286. The van der Waals surface area contributed by atoms with Gasteiger partial charge in [0.15, 0.2) is 0 Å². The topological polar surface area (TPSA) is 62.1 Å². The molecule has 0 aliphatic carbocycles. The van der Waals surface area contributed by atoms with Crippen molar-refractivity contribution in [1.82, 2.24) is 5.32 Å². The predicted molar refractivity (Wildman–Crippen MR) is 69.1 cm³/mol. The zero-order valence-electron chi connectivity index (χ0n) is 11.0. The van der Waals surface area contributed by atoms with E-state index in [4.69, 9.17) is 10.00 Å². The van der Waals surface area contributed by atoms with E-state index >= 15 is 0 Å². The number of ether oxygens (including phenoxy) is 1. The van der Waals surface area contributed by atoms with Gasteiger partial charge in [0.25, 0.3) is 0 Å². The average molecular weight is 246 g/mol. The van der Waals surface area contributed by atoms with E-state index in [0.29, 0.717) is 18.6 Å². The molecule has 1 rings (SSSR count). The molecule has 0 heterocycles. The number of nitrogens with zero attached hydrogens (tertiary/aromatic N) is 1. The summed E-state index contributed by atoms with van der Waals surface area (Å²) in [5.74, 6) is 0. The fraction of sp³-hybridized carbons (Fsp3) is 0.429. The summed E-state index contributed by atoms with van der Waals surface area (Å²) in [6.45, 7) is 6.02. The van der Waals surface area contributed by atoms with Crippen LogP contribution in [0.5, 0.6) is 0 Å². The third-order valence-corrected chi connectivity index (χ3v) is 2.18. The monoisotopic (exact) mass is 246 g/mol. The standard InChI is InChI=1S/C14H18N2O2/c1-14(2,3)16-13(17)18-9-8-11-4-6-12(10-15)7-5-11/h4-7H,8-9H2,1-3H3,(H,16,17). The third-order valence-electron chi connectivity index (χ3n) is 2.18. The van der Waals surface area contributed by atoms with E-state index in [9.17, 15) is 4.79 Å². The Morgan fingerprint density at radius 1 is 1.33 bits per heavy atom. The normalized spacial score (nSPS) is 10.6. The largest absolute Gasteiger partial charge is 0.449 e. The second-order valence-electron chi connectivity index (χ2n) is 5.07. The number of carbonyl (C=O) groups is 1. The van der Waals surface area contributed by atoms with Crippen molar-refractivity contribution in [1.29, 1.82) is 5.26 Å². The van der Waals surface area contributed by atoms with Crippen LogP contribution in [0.2, 0.25) is 0 Å². The number of nitriles is 1. The molecule has 18 heavy (non-hydrogen) atoms. The minimum atomic E-state index is -0.406. The van der Waals surface area contributed by atoms with Crippen LogP contribution in [0.15, 0.2) is 24.3 Å². The van der Waals surface area contributed by atoms with Crippen molar-refractivity contribution in [2.75, 3.05) is 6.61 Å². The van der Waals surface area contributed by atoms with Crippen molar-refractivity contribution in [2.45, 2.75) is 32.7 Å². The summed E-state index contributed by atoms with van der Waals surface area (Å²) in [6, 6.07) is 9.30. The molecule has 0 saturated carbocycles. The Kier molecular flexibility index (Phi) is 4.73. The molecular formula is C14H18N2O2. The summed E-state index contributed by atoms with van der Waals surface area (Å²) < 4.78 is 5.06. The molecule has 0 aliphatic rings. The van der Waals surface area contributed by atoms with Gasteiger partial charge in [-0.3, -0.25) is 0 Å². The van der Waals surface area contributed by atoms with Crippen molar-refractivity contribution in [3.05, 3.63) is 35.4 Å². The number of carbonyl (C=O) groups excluding carboxylic acids is 1. The summed E-state index contributed by atoms with van der Waals surface area (Å²) in [6.07, 6.45) is 0.236. The Morgan fingerprint density at radius 3 is 2.44 bits per heavy atom. The van der Waals surface area contributed by atoms with Crippen LogP contribution in [0.1, 0.15) is 31.9 Å². The molecule has 1 amide bonds. The minimum Gasteiger partial charge on any atom is -0.449 e. The number of nitrogens with one attached hydrogen (secondary N) is 1. The highest BCUT2D eigenvalue weighted by Gasteiger charge is 2.14. The Bertz CT molecular complexity index is 438. The van der Waals surface area contributed by atoms with E-state index in [-0.39, 0.29) is 5.54 Å². The van der Waals surface area contributed by atoms with Gasteiger partial charge >= 0.3 is 6.09 Å². The lowest BCUT2D eigenvalue weighted by Gasteiger charge is -2.19. The molecular weight excluding hydrogens is 228 g/mol. The lowest BCUT2D eigenvalue weighted by atomic mass is 10.1. The molecule has 1 aromatic carbocycles. The van der Waals surface area contributed by atoms with E-state index < -0.39 is 6.09 Å². The van der Waals surface area contributed by atoms with Gasteiger partial charge < -0.3 is 10.1 Å².